The second-order valence-electron chi connectivity index (χ2n) is 3.89. The third-order valence-electron chi connectivity index (χ3n) is 2.55. The summed E-state index contributed by atoms with van der Waals surface area (Å²) < 4.78 is 26.7. The zero-order valence-corrected chi connectivity index (χ0v) is 9.89. The Hall–Kier alpha value is -1.63. The second-order valence-corrected chi connectivity index (χ2v) is 3.89. The molecule has 2 nitrogen and oxygen atoms in total. The Labute approximate surface area is 100 Å². The van der Waals surface area contributed by atoms with Crippen LogP contribution in [0.15, 0.2) is 12.1 Å². The molecule has 0 atom stereocenters. The number of nitrogens with zero attached hydrogens (tertiary/aromatic N) is 1. The van der Waals surface area contributed by atoms with E-state index in [2.05, 4.69) is 12.2 Å². The van der Waals surface area contributed by atoms with Crippen molar-refractivity contribution in [3.63, 3.8) is 0 Å². The third kappa shape index (κ3) is 3.70. The van der Waals surface area contributed by atoms with Gasteiger partial charge >= 0.3 is 0 Å². The van der Waals surface area contributed by atoms with Crippen molar-refractivity contribution in [1.29, 1.82) is 5.26 Å². The highest BCUT2D eigenvalue weighted by Crippen LogP contribution is 2.20. The summed E-state index contributed by atoms with van der Waals surface area (Å²) in [4.78, 5) is 0. The maximum absolute atomic E-state index is 13.4. The first-order valence-electron chi connectivity index (χ1n) is 5.82. The van der Waals surface area contributed by atoms with Gasteiger partial charge in [0.15, 0.2) is 11.6 Å². The molecule has 0 aliphatic heterocycles. The van der Waals surface area contributed by atoms with E-state index in [0.29, 0.717) is 6.54 Å². The smallest absolute Gasteiger partial charge is 0.183 e. The third-order valence-corrected chi connectivity index (χ3v) is 2.55. The lowest BCUT2D eigenvalue weighted by Gasteiger charge is -2.08. The van der Waals surface area contributed by atoms with E-state index in [4.69, 9.17) is 5.26 Å². The Morgan fingerprint density at radius 2 is 1.94 bits per heavy atom. The Balaban J connectivity index is 2.55. The fourth-order valence-electron chi connectivity index (χ4n) is 1.55. The number of hydrogen-bond acceptors (Lipinski definition) is 2. The van der Waals surface area contributed by atoms with E-state index < -0.39 is 11.6 Å². The molecule has 4 heteroatoms. The van der Waals surface area contributed by atoms with Gasteiger partial charge in [-0.05, 0) is 18.6 Å². The predicted octanol–water partition coefficient (Wildman–Crippen LogP) is 3.83. The van der Waals surface area contributed by atoms with Crippen LogP contribution < -0.4 is 5.32 Å². The zero-order chi connectivity index (χ0) is 12.7. The van der Waals surface area contributed by atoms with E-state index >= 15 is 0 Å². The molecule has 1 aromatic carbocycles. The summed E-state index contributed by atoms with van der Waals surface area (Å²) in [6, 6.07) is 4.29. The number of nitrogens with one attached hydrogen (secondary N) is 1. The van der Waals surface area contributed by atoms with Crippen molar-refractivity contribution in [2.45, 2.75) is 32.6 Å². The Morgan fingerprint density at radius 1 is 1.18 bits per heavy atom. The summed E-state index contributed by atoms with van der Waals surface area (Å²) in [5.74, 6) is -2.05. The van der Waals surface area contributed by atoms with Crippen LogP contribution in [0.4, 0.5) is 14.5 Å². The molecule has 0 bridgehead atoms. The molecule has 0 aromatic heterocycles. The average molecular weight is 238 g/mol. The van der Waals surface area contributed by atoms with E-state index in [1.165, 1.54) is 12.1 Å². The summed E-state index contributed by atoms with van der Waals surface area (Å²) in [7, 11) is 0. The average Bonchev–Trinajstić information content (AvgIpc) is 2.34. The quantitative estimate of drug-likeness (QED) is 0.764. The highest BCUT2D eigenvalue weighted by atomic mass is 19.2. The van der Waals surface area contributed by atoms with Gasteiger partial charge in [0.25, 0.3) is 0 Å². The minimum atomic E-state index is -1.08. The molecule has 1 aromatic rings. The molecule has 0 spiro atoms. The molecule has 1 N–H and O–H groups in total. The Bertz CT molecular complexity index is 411. The summed E-state index contributed by atoms with van der Waals surface area (Å²) >= 11 is 0. The normalized spacial score (nSPS) is 10.0. The molecule has 0 saturated carbocycles. The lowest BCUT2D eigenvalue weighted by molar-refractivity contribution is 0.508. The van der Waals surface area contributed by atoms with Crippen molar-refractivity contribution in [2.75, 3.05) is 11.9 Å². The second kappa shape index (κ2) is 6.85. The van der Waals surface area contributed by atoms with Gasteiger partial charge in [-0.3, -0.25) is 0 Å². The van der Waals surface area contributed by atoms with Crippen LogP contribution >= 0.6 is 0 Å². The minimum absolute atomic E-state index is 0.123. The van der Waals surface area contributed by atoms with Crippen LogP contribution in [0.2, 0.25) is 0 Å². The number of nitriles is 1. The molecule has 0 fully saturated rings. The summed E-state index contributed by atoms with van der Waals surface area (Å²) in [5.41, 5.74) is -0.142. The molecule has 0 saturated heterocycles. The van der Waals surface area contributed by atoms with Crippen molar-refractivity contribution >= 4 is 5.69 Å². The van der Waals surface area contributed by atoms with E-state index in [0.717, 1.165) is 25.7 Å². The molecule has 0 radical (unpaired) electrons. The van der Waals surface area contributed by atoms with Crippen LogP contribution in [0, 0.1) is 23.0 Å². The lowest BCUT2D eigenvalue weighted by atomic mass is 10.2. The molecule has 0 unspecified atom stereocenters. The van der Waals surface area contributed by atoms with Crippen molar-refractivity contribution in [2.24, 2.45) is 0 Å². The standard InChI is InChI=1S/C13H16F2N2/c1-2-3-4-5-8-17-11-7-6-10(9-16)12(14)13(11)15/h6-7,17H,2-5,8H2,1H3. The van der Waals surface area contributed by atoms with Crippen LogP contribution in [0.1, 0.15) is 38.2 Å². The van der Waals surface area contributed by atoms with Gasteiger partial charge < -0.3 is 5.32 Å². The minimum Gasteiger partial charge on any atom is -0.383 e. The largest absolute Gasteiger partial charge is 0.383 e. The molecule has 0 aliphatic rings. The van der Waals surface area contributed by atoms with Gasteiger partial charge in [0, 0.05) is 6.54 Å². The monoisotopic (exact) mass is 238 g/mol. The fourth-order valence-corrected chi connectivity index (χ4v) is 1.55. The first-order chi connectivity index (χ1) is 8.20. The van der Waals surface area contributed by atoms with Crippen LogP contribution in [0.25, 0.3) is 0 Å². The van der Waals surface area contributed by atoms with Gasteiger partial charge in [0.1, 0.15) is 6.07 Å². The number of anilines is 1. The summed E-state index contributed by atoms with van der Waals surface area (Å²) in [6.45, 7) is 2.73. The van der Waals surface area contributed by atoms with E-state index in [1.807, 2.05) is 0 Å². The van der Waals surface area contributed by atoms with Crippen molar-refractivity contribution in [3.8, 4) is 6.07 Å². The van der Waals surface area contributed by atoms with Crippen LogP contribution in [-0.4, -0.2) is 6.54 Å². The summed E-state index contributed by atoms with van der Waals surface area (Å²) in [6.07, 6.45) is 4.28. The predicted molar refractivity (Wildman–Crippen MR) is 63.7 cm³/mol. The first kappa shape index (κ1) is 13.4. The van der Waals surface area contributed by atoms with Crippen LogP contribution in [-0.2, 0) is 0 Å². The van der Waals surface area contributed by atoms with Crippen molar-refractivity contribution < 1.29 is 8.78 Å². The van der Waals surface area contributed by atoms with Gasteiger partial charge in [0.2, 0.25) is 0 Å². The number of unbranched alkanes of at least 4 members (excludes halogenated alkanes) is 3. The Morgan fingerprint density at radius 3 is 2.59 bits per heavy atom. The van der Waals surface area contributed by atoms with Gasteiger partial charge in [-0.25, -0.2) is 8.78 Å². The molecular formula is C13H16F2N2. The highest BCUT2D eigenvalue weighted by molar-refractivity contribution is 5.49. The maximum atomic E-state index is 13.4. The maximum Gasteiger partial charge on any atom is 0.183 e. The van der Waals surface area contributed by atoms with Gasteiger partial charge in [-0.1, -0.05) is 26.2 Å². The SMILES string of the molecule is CCCCCCNc1ccc(C#N)c(F)c1F. The Kier molecular flexibility index (Phi) is 5.41. The number of rotatable bonds is 6. The number of hydrogen-bond donors (Lipinski definition) is 1. The molecule has 92 valence electrons. The van der Waals surface area contributed by atoms with Crippen molar-refractivity contribution in [1.82, 2.24) is 0 Å². The zero-order valence-electron chi connectivity index (χ0n) is 9.89. The number of halogens is 2. The van der Waals surface area contributed by atoms with Crippen molar-refractivity contribution in [3.05, 3.63) is 29.3 Å². The van der Waals surface area contributed by atoms with Crippen LogP contribution in [0.5, 0.6) is 0 Å². The molecular weight excluding hydrogens is 222 g/mol. The first-order valence-corrected chi connectivity index (χ1v) is 5.82. The molecule has 0 aliphatic carbocycles. The molecule has 17 heavy (non-hydrogen) atoms. The molecule has 1 rings (SSSR count). The van der Waals surface area contributed by atoms with E-state index in [-0.39, 0.29) is 11.3 Å². The summed E-state index contributed by atoms with van der Waals surface area (Å²) in [5, 5.41) is 11.4. The van der Waals surface area contributed by atoms with Crippen LogP contribution in [0.3, 0.4) is 0 Å². The fraction of sp³-hybridized carbons (Fsp3) is 0.462. The topological polar surface area (TPSA) is 35.8 Å². The van der Waals surface area contributed by atoms with Gasteiger partial charge in [-0.2, -0.15) is 5.26 Å². The van der Waals surface area contributed by atoms with Gasteiger partial charge in [-0.15, -0.1) is 0 Å². The van der Waals surface area contributed by atoms with E-state index in [9.17, 15) is 8.78 Å². The van der Waals surface area contributed by atoms with E-state index in [1.54, 1.807) is 6.07 Å². The molecule has 0 amide bonds. The number of benzene rings is 1. The lowest BCUT2D eigenvalue weighted by Crippen LogP contribution is -2.05. The molecule has 0 heterocycles. The van der Waals surface area contributed by atoms with Gasteiger partial charge in [0.05, 0.1) is 11.3 Å². The highest BCUT2D eigenvalue weighted by Gasteiger charge is 2.12.